The molecule has 0 N–H and O–H groups in total. The Balaban J connectivity index is 2.77. The lowest BCUT2D eigenvalue weighted by Crippen LogP contribution is -2.00. The van der Waals surface area contributed by atoms with Crippen LogP contribution in [0, 0.1) is 11.3 Å². The van der Waals surface area contributed by atoms with Crippen LogP contribution < -0.4 is 4.74 Å². The van der Waals surface area contributed by atoms with Gasteiger partial charge in [0.2, 0.25) is 5.69 Å². The maximum Gasteiger partial charge on any atom is 0.251 e. The van der Waals surface area contributed by atoms with Crippen molar-refractivity contribution >= 4 is 0 Å². The van der Waals surface area contributed by atoms with Gasteiger partial charge in [0.15, 0.2) is 0 Å². The van der Waals surface area contributed by atoms with Gasteiger partial charge >= 0.3 is 0 Å². The summed E-state index contributed by atoms with van der Waals surface area (Å²) < 4.78 is 5.18. The van der Waals surface area contributed by atoms with Gasteiger partial charge in [0, 0.05) is 12.4 Å². The van der Waals surface area contributed by atoms with Crippen molar-refractivity contribution in [1.82, 2.24) is 9.97 Å². The SMILES string of the molecule is CCCOc1nccnc1C#N. The average Bonchev–Trinajstić information content (AvgIpc) is 2.15. The van der Waals surface area contributed by atoms with Crippen LogP contribution in [0.1, 0.15) is 19.0 Å². The third-order valence-corrected chi connectivity index (χ3v) is 1.21. The first-order valence-corrected chi connectivity index (χ1v) is 3.72. The van der Waals surface area contributed by atoms with Crippen molar-refractivity contribution in [3.63, 3.8) is 0 Å². The van der Waals surface area contributed by atoms with Crippen molar-refractivity contribution in [2.24, 2.45) is 0 Å². The van der Waals surface area contributed by atoms with E-state index in [1.165, 1.54) is 12.4 Å². The third kappa shape index (κ3) is 1.92. The van der Waals surface area contributed by atoms with E-state index < -0.39 is 0 Å². The minimum absolute atomic E-state index is 0.242. The summed E-state index contributed by atoms with van der Waals surface area (Å²) in [4.78, 5) is 7.68. The van der Waals surface area contributed by atoms with E-state index in [1.807, 2.05) is 13.0 Å². The van der Waals surface area contributed by atoms with E-state index in [0.717, 1.165) is 6.42 Å². The molecule has 62 valence electrons. The van der Waals surface area contributed by atoms with Crippen molar-refractivity contribution < 1.29 is 4.74 Å². The van der Waals surface area contributed by atoms with Gasteiger partial charge in [0.1, 0.15) is 6.07 Å². The van der Waals surface area contributed by atoms with Crippen LogP contribution in [0.5, 0.6) is 5.88 Å². The summed E-state index contributed by atoms with van der Waals surface area (Å²) in [6, 6.07) is 1.91. The van der Waals surface area contributed by atoms with Crippen LogP contribution in [0.25, 0.3) is 0 Å². The van der Waals surface area contributed by atoms with Gasteiger partial charge in [-0.2, -0.15) is 5.26 Å². The lowest BCUT2D eigenvalue weighted by Gasteiger charge is -2.02. The van der Waals surface area contributed by atoms with E-state index in [-0.39, 0.29) is 5.69 Å². The van der Waals surface area contributed by atoms with Crippen LogP contribution in [0.2, 0.25) is 0 Å². The summed E-state index contributed by atoms with van der Waals surface area (Å²) >= 11 is 0. The lowest BCUT2D eigenvalue weighted by atomic mass is 10.4. The molecule has 0 amide bonds. The summed E-state index contributed by atoms with van der Waals surface area (Å²) in [5, 5.41) is 8.59. The molecule has 1 heterocycles. The van der Waals surface area contributed by atoms with Gasteiger partial charge in [-0.3, -0.25) is 0 Å². The van der Waals surface area contributed by atoms with E-state index in [2.05, 4.69) is 9.97 Å². The van der Waals surface area contributed by atoms with Crippen molar-refractivity contribution in [2.75, 3.05) is 6.61 Å². The van der Waals surface area contributed by atoms with Gasteiger partial charge in [-0.05, 0) is 6.42 Å². The Kier molecular flexibility index (Phi) is 3.03. The number of nitrogens with zero attached hydrogens (tertiary/aromatic N) is 3. The van der Waals surface area contributed by atoms with E-state index >= 15 is 0 Å². The molecule has 0 saturated carbocycles. The molecule has 0 bridgehead atoms. The number of nitriles is 1. The Morgan fingerprint density at radius 2 is 2.25 bits per heavy atom. The van der Waals surface area contributed by atoms with E-state index in [0.29, 0.717) is 12.5 Å². The molecule has 0 radical (unpaired) electrons. The average molecular weight is 163 g/mol. The molecular weight excluding hydrogens is 154 g/mol. The van der Waals surface area contributed by atoms with Gasteiger partial charge in [-0.25, -0.2) is 9.97 Å². The lowest BCUT2D eigenvalue weighted by molar-refractivity contribution is 0.302. The minimum Gasteiger partial charge on any atom is -0.476 e. The Bertz CT molecular complexity index is 293. The fourth-order valence-electron chi connectivity index (χ4n) is 0.706. The third-order valence-electron chi connectivity index (χ3n) is 1.21. The molecule has 0 atom stereocenters. The molecule has 1 aromatic heterocycles. The van der Waals surface area contributed by atoms with Crippen molar-refractivity contribution in [3.05, 3.63) is 18.1 Å². The molecule has 12 heavy (non-hydrogen) atoms. The molecule has 4 nitrogen and oxygen atoms in total. The maximum atomic E-state index is 8.59. The van der Waals surface area contributed by atoms with Gasteiger partial charge in [0.05, 0.1) is 6.61 Å². The zero-order chi connectivity index (χ0) is 8.81. The van der Waals surface area contributed by atoms with E-state index in [9.17, 15) is 0 Å². The molecule has 1 rings (SSSR count). The molecule has 0 aliphatic rings. The summed E-state index contributed by atoms with van der Waals surface area (Å²) in [5.74, 6) is 0.321. The summed E-state index contributed by atoms with van der Waals surface area (Å²) in [6.07, 6.45) is 3.87. The van der Waals surface area contributed by atoms with Crippen LogP contribution in [-0.2, 0) is 0 Å². The van der Waals surface area contributed by atoms with Crippen LogP contribution in [0.15, 0.2) is 12.4 Å². The van der Waals surface area contributed by atoms with Crippen LogP contribution in [0.4, 0.5) is 0 Å². The number of hydrogen-bond donors (Lipinski definition) is 0. The highest BCUT2D eigenvalue weighted by molar-refractivity contribution is 5.29. The smallest absolute Gasteiger partial charge is 0.251 e. The Hall–Kier alpha value is -1.63. The van der Waals surface area contributed by atoms with Crippen LogP contribution >= 0.6 is 0 Å². The van der Waals surface area contributed by atoms with Gasteiger partial charge < -0.3 is 4.74 Å². The van der Waals surface area contributed by atoms with Crippen LogP contribution in [0.3, 0.4) is 0 Å². The molecule has 0 aliphatic carbocycles. The number of aromatic nitrogens is 2. The Morgan fingerprint density at radius 1 is 1.50 bits per heavy atom. The van der Waals surface area contributed by atoms with Crippen LogP contribution in [-0.4, -0.2) is 16.6 Å². The van der Waals surface area contributed by atoms with Crippen molar-refractivity contribution in [2.45, 2.75) is 13.3 Å². The summed E-state index contributed by atoms with van der Waals surface area (Å²) in [5.41, 5.74) is 0.242. The number of rotatable bonds is 3. The zero-order valence-electron chi connectivity index (χ0n) is 6.82. The predicted octanol–water partition coefficient (Wildman–Crippen LogP) is 1.14. The Morgan fingerprint density at radius 3 is 2.92 bits per heavy atom. The monoisotopic (exact) mass is 163 g/mol. The first-order valence-electron chi connectivity index (χ1n) is 3.72. The molecule has 0 spiro atoms. The molecule has 1 aromatic rings. The molecule has 4 heteroatoms. The second kappa shape index (κ2) is 4.29. The predicted molar refractivity (Wildman–Crippen MR) is 42.5 cm³/mol. The highest BCUT2D eigenvalue weighted by Gasteiger charge is 2.03. The molecule has 0 aromatic carbocycles. The molecule has 0 saturated heterocycles. The fraction of sp³-hybridized carbons (Fsp3) is 0.375. The standard InChI is InChI=1S/C8H9N3O/c1-2-5-12-8-7(6-9)10-3-4-11-8/h3-4H,2,5H2,1H3. The van der Waals surface area contributed by atoms with Crippen molar-refractivity contribution in [1.29, 1.82) is 5.26 Å². The van der Waals surface area contributed by atoms with Gasteiger partial charge in [-0.1, -0.05) is 6.92 Å². The molecule has 0 unspecified atom stereocenters. The van der Waals surface area contributed by atoms with Gasteiger partial charge in [-0.15, -0.1) is 0 Å². The van der Waals surface area contributed by atoms with E-state index in [4.69, 9.17) is 10.00 Å². The quantitative estimate of drug-likeness (QED) is 0.670. The Labute approximate surface area is 70.8 Å². The summed E-state index contributed by atoms with van der Waals surface area (Å²) in [6.45, 7) is 2.55. The highest BCUT2D eigenvalue weighted by atomic mass is 16.5. The maximum absolute atomic E-state index is 8.59. The largest absolute Gasteiger partial charge is 0.476 e. The highest BCUT2D eigenvalue weighted by Crippen LogP contribution is 2.09. The zero-order valence-corrected chi connectivity index (χ0v) is 6.82. The first kappa shape index (κ1) is 8.47. The fourth-order valence-corrected chi connectivity index (χ4v) is 0.706. The van der Waals surface area contributed by atoms with Crippen molar-refractivity contribution in [3.8, 4) is 11.9 Å². The molecular formula is C8H9N3O. The molecule has 0 fully saturated rings. The normalized spacial score (nSPS) is 9.00. The number of ether oxygens (including phenoxy) is 1. The second-order valence-electron chi connectivity index (χ2n) is 2.17. The van der Waals surface area contributed by atoms with Gasteiger partial charge in [0.25, 0.3) is 5.88 Å². The summed E-state index contributed by atoms with van der Waals surface area (Å²) in [7, 11) is 0. The van der Waals surface area contributed by atoms with E-state index in [1.54, 1.807) is 0 Å². The molecule has 0 aliphatic heterocycles. The second-order valence-corrected chi connectivity index (χ2v) is 2.17. The topological polar surface area (TPSA) is 58.8 Å². The minimum atomic E-state index is 0.242. The first-order chi connectivity index (χ1) is 5.88. The number of hydrogen-bond acceptors (Lipinski definition) is 4.